The lowest BCUT2D eigenvalue weighted by molar-refractivity contribution is 0.155. The van der Waals surface area contributed by atoms with Crippen molar-refractivity contribution in [3.63, 3.8) is 0 Å². The van der Waals surface area contributed by atoms with Crippen LogP contribution in [0.25, 0.3) is 21.9 Å². The summed E-state index contributed by atoms with van der Waals surface area (Å²) in [4.78, 5) is 13.3. The van der Waals surface area contributed by atoms with Crippen LogP contribution in [0, 0.1) is 17.2 Å². The van der Waals surface area contributed by atoms with Crippen LogP contribution in [0.2, 0.25) is 0 Å². The second-order valence-electron chi connectivity index (χ2n) is 8.60. The first kappa shape index (κ1) is 20.2. The third kappa shape index (κ3) is 3.98. The van der Waals surface area contributed by atoms with Gasteiger partial charge in [0, 0.05) is 22.9 Å². The quantitative estimate of drug-likeness (QED) is 0.535. The average molecular weight is 401 g/mol. The summed E-state index contributed by atoms with van der Waals surface area (Å²) in [6.07, 6.45) is 6.05. The van der Waals surface area contributed by atoms with Gasteiger partial charge < -0.3 is 4.74 Å². The van der Waals surface area contributed by atoms with Gasteiger partial charge in [0.15, 0.2) is 0 Å². The molecule has 0 aliphatic heterocycles. The second kappa shape index (κ2) is 8.75. The summed E-state index contributed by atoms with van der Waals surface area (Å²) in [5, 5.41) is 11.5. The molecule has 0 spiro atoms. The van der Waals surface area contributed by atoms with Crippen LogP contribution in [0.4, 0.5) is 0 Å². The fourth-order valence-electron chi connectivity index (χ4n) is 4.43. The minimum atomic E-state index is -0.112. The first-order valence-corrected chi connectivity index (χ1v) is 10.9. The minimum absolute atomic E-state index is 0.112. The van der Waals surface area contributed by atoms with E-state index >= 15 is 0 Å². The first-order chi connectivity index (χ1) is 14.6. The van der Waals surface area contributed by atoms with E-state index in [9.17, 15) is 10.1 Å². The summed E-state index contributed by atoms with van der Waals surface area (Å²) >= 11 is 0. The summed E-state index contributed by atoms with van der Waals surface area (Å²) in [5.41, 5.74) is 2.05. The lowest BCUT2D eigenvalue weighted by Gasteiger charge is -2.23. The number of fused-ring (bicyclic) bond motifs is 1. The van der Waals surface area contributed by atoms with Crippen molar-refractivity contribution in [1.82, 2.24) is 4.57 Å². The van der Waals surface area contributed by atoms with E-state index in [1.807, 2.05) is 48.5 Å². The van der Waals surface area contributed by atoms with Crippen molar-refractivity contribution < 1.29 is 4.74 Å². The maximum Gasteiger partial charge on any atom is 0.259 e. The number of benzene rings is 2. The summed E-state index contributed by atoms with van der Waals surface area (Å²) in [6.45, 7) is 4.63. The molecule has 4 rings (SSSR count). The molecule has 3 aromatic rings. The Kier molecular flexibility index (Phi) is 5.90. The Bertz CT molecular complexity index is 1130. The fourth-order valence-corrected chi connectivity index (χ4v) is 4.43. The zero-order chi connectivity index (χ0) is 21.1. The predicted molar refractivity (Wildman–Crippen MR) is 121 cm³/mol. The highest BCUT2D eigenvalue weighted by Crippen LogP contribution is 2.34. The van der Waals surface area contributed by atoms with Gasteiger partial charge in [0.05, 0.1) is 6.10 Å². The van der Waals surface area contributed by atoms with Crippen molar-refractivity contribution in [3.8, 4) is 22.9 Å². The number of aromatic nitrogens is 1. The number of nitriles is 1. The molecule has 1 aliphatic rings. The van der Waals surface area contributed by atoms with E-state index in [0.717, 1.165) is 35.1 Å². The molecule has 154 valence electrons. The minimum Gasteiger partial charge on any atom is -0.490 e. The number of hydrogen-bond donors (Lipinski definition) is 0. The van der Waals surface area contributed by atoms with Gasteiger partial charge in [-0.25, -0.2) is 0 Å². The van der Waals surface area contributed by atoms with Crippen molar-refractivity contribution in [2.45, 2.75) is 58.6 Å². The van der Waals surface area contributed by atoms with Gasteiger partial charge in [-0.2, -0.15) is 5.26 Å². The van der Waals surface area contributed by atoms with Crippen molar-refractivity contribution >= 4 is 10.8 Å². The van der Waals surface area contributed by atoms with Crippen LogP contribution in [-0.2, 0) is 6.54 Å². The van der Waals surface area contributed by atoms with E-state index in [1.54, 1.807) is 4.57 Å². The number of hydrogen-bond acceptors (Lipinski definition) is 3. The largest absolute Gasteiger partial charge is 0.490 e. The summed E-state index contributed by atoms with van der Waals surface area (Å²) in [7, 11) is 0. The first-order valence-electron chi connectivity index (χ1n) is 10.9. The standard InChI is InChI=1S/C26H28N2O2/c1-18(2)17-28-24(16-27)25(19-9-5-3-6-10-19)23-15-21(13-14-22(23)26(28)29)30-20-11-7-4-8-12-20/h3,5-6,9-10,13-15,18,20H,4,7-8,11-12,17H2,1-2H3. The molecule has 0 unspecified atom stereocenters. The molecule has 0 amide bonds. The average Bonchev–Trinajstić information content (AvgIpc) is 2.76. The Labute approximate surface area is 177 Å². The van der Waals surface area contributed by atoms with Gasteiger partial charge in [-0.3, -0.25) is 9.36 Å². The lowest BCUT2D eigenvalue weighted by Crippen LogP contribution is -2.26. The molecule has 30 heavy (non-hydrogen) atoms. The van der Waals surface area contributed by atoms with Crippen molar-refractivity contribution in [2.24, 2.45) is 5.92 Å². The molecule has 1 aromatic heterocycles. The van der Waals surface area contributed by atoms with Crippen LogP contribution in [0.15, 0.2) is 53.3 Å². The van der Waals surface area contributed by atoms with Crippen LogP contribution in [0.3, 0.4) is 0 Å². The molecule has 4 nitrogen and oxygen atoms in total. The van der Waals surface area contributed by atoms with Crippen molar-refractivity contribution in [3.05, 3.63) is 64.6 Å². The topological polar surface area (TPSA) is 55.0 Å². The van der Waals surface area contributed by atoms with E-state index in [0.29, 0.717) is 17.6 Å². The maximum absolute atomic E-state index is 13.3. The molecule has 4 heteroatoms. The molecule has 0 bridgehead atoms. The van der Waals surface area contributed by atoms with Gasteiger partial charge in [0.25, 0.3) is 5.56 Å². The highest BCUT2D eigenvalue weighted by atomic mass is 16.5. The highest BCUT2D eigenvalue weighted by Gasteiger charge is 2.20. The van der Waals surface area contributed by atoms with Gasteiger partial charge in [-0.1, -0.05) is 50.6 Å². The summed E-state index contributed by atoms with van der Waals surface area (Å²) < 4.78 is 7.91. The van der Waals surface area contributed by atoms with Crippen molar-refractivity contribution in [1.29, 1.82) is 5.26 Å². The Balaban J connectivity index is 1.94. The number of rotatable bonds is 5. The maximum atomic E-state index is 13.3. The van der Waals surface area contributed by atoms with Gasteiger partial charge in [0.1, 0.15) is 17.5 Å². The van der Waals surface area contributed by atoms with E-state index in [4.69, 9.17) is 4.74 Å². The fraction of sp³-hybridized carbons (Fsp3) is 0.385. The van der Waals surface area contributed by atoms with E-state index in [2.05, 4.69) is 19.9 Å². The van der Waals surface area contributed by atoms with Crippen LogP contribution in [-0.4, -0.2) is 10.7 Å². The smallest absolute Gasteiger partial charge is 0.259 e. The normalized spacial score (nSPS) is 14.7. The molecular formula is C26H28N2O2. The molecule has 0 atom stereocenters. The molecular weight excluding hydrogens is 372 g/mol. The van der Waals surface area contributed by atoms with E-state index < -0.39 is 0 Å². The molecule has 1 fully saturated rings. The predicted octanol–water partition coefficient (Wildman–Crippen LogP) is 5.91. The van der Waals surface area contributed by atoms with Gasteiger partial charge in [0.2, 0.25) is 0 Å². The van der Waals surface area contributed by atoms with Crippen LogP contribution in [0.1, 0.15) is 51.6 Å². The Morgan fingerprint density at radius 3 is 2.47 bits per heavy atom. The molecule has 1 aliphatic carbocycles. The number of ether oxygens (including phenoxy) is 1. The monoisotopic (exact) mass is 400 g/mol. The molecule has 0 radical (unpaired) electrons. The highest BCUT2D eigenvalue weighted by molar-refractivity contribution is 5.99. The Morgan fingerprint density at radius 1 is 1.07 bits per heavy atom. The van der Waals surface area contributed by atoms with Gasteiger partial charge >= 0.3 is 0 Å². The zero-order valence-electron chi connectivity index (χ0n) is 17.7. The zero-order valence-corrected chi connectivity index (χ0v) is 17.7. The second-order valence-corrected chi connectivity index (χ2v) is 8.60. The van der Waals surface area contributed by atoms with Gasteiger partial charge in [-0.15, -0.1) is 0 Å². The third-order valence-electron chi connectivity index (χ3n) is 5.81. The summed E-state index contributed by atoms with van der Waals surface area (Å²) in [6, 6.07) is 17.9. The molecule has 0 N–H and O–H groups in total. The third-order valence-corrected chi connectivity index (χ3v) is 5.81. The van der Waals surface area contributed by atoms with Crippen LogP contribution in [0.5, 0.6) is 5.75 Å². The molecule has 1 heterocycles. The summed E-state index contributed by atoms with van der Waals surface area (Å²) in [5.74, 6) is 1.03. The molecule has 2 aromatic carbocycles. The Morgan fingerprint density at radius 2 is 1.80 bits per heavy atom. The van der Waals surface area contributed by atoms with Crippen LogP contribution < -0.4 is 10.3 Å². The lowest BCUT2D eigenvalue weighted by atomic mass is 9.96. The van der Waals surface area contributed by atoms with E-state index in [1.165, 1.54) is 19.3 Å². The molecule has 0 saturated heterocycles. The Hall–Kier alpha value is -3.06. The van der Waals surface area contributed by atoms with Gasteiger partial charge in [-0.05, 0) is 55.4 Å². The van der Waals surface area contributed by atoms with E-state index in [-0.39, 0.29) is 17.6 Å². The molecule has 1 saturated carbocycles. The number of nitrogens with zero attached hydrogens (tertiary/aromatic N) is 2. The van der Waals surface area contributed by atoms with Crippen molar-refractivity contribution in [2.75, 3.05) is 0 Å². The number of pyridine rings is 1. The SMILES string of the molecule is CC(C)Cn1c(C#N)c(-c2ccccc2)c2cc(OC3CCCCC3)ccc2c1=O. The van der Waals surface area contributed by atoms with Crippen LogP contribution >= 0.6 is 0 Å².